The summed E-state index contributed by atoms with van der Waals surface area (Å²) in [7, 11) is 0. The van der Waals surface area contributed by atoms with Gasteiger partial charge in [-0.3, -0.25) is 4.79 Å². The van der Waals surface area contributed by atoms with Crippen molar-refractivity contribution in [3.63, 3.8) is 0 Å². The Hall–Kier alpha value is -1.71. The zero-order chi connectivity index (χ0) is 18.7. The second-order valence-corrected chi connectivity index (χ2v) is 8.00. The minimum atomic E-state index is 0.0663. The van der Waals surface area contributed by atoms with Crippen molar-refractivity contribution in [2.75, 3.05) is 0 Å². The maximum Gasteiger partial charge on any atom is 0.184 e. The van der Waals surface area contributed by atoms with Crippen molar-refractivity contribution in [3.05, 3.63) is 63.9 Å². The van der Waals surface area contributed by atoms with Crippen LogP contribution in [0.2, 0.25) is 5.02 Å². The third kappa shape index (κ3) is 4.16. The van der Waals surface area contributed by atoms with E-state index < -0.39 is 0 Å². The molecular weight excluding hydrogens is 344 g/mol. The molecule has 26 heavy (non-hydrogen) atoms. The minimum absolute atomic E-state index is 0.0663. The number of halogens is 1. The Morgan fingerprint density at radius 1 is 1.12 bits per heavy atom. The lowest BCUT2D eigenvalue weighted by Crippen LogP contribution is -2.24. The highest BCUT2D eigenvalue weighted by Crippen LogP contribution is 2.38. The Morgan fingerprint density at radius 3 is 2.35 bits per heavy atom. The molecule has 138 valence electrons. The van der Waals surface area contributed by atoms with Crippen molar-refractivity contribution < 1.29 is 4.79 Å². The summed E-state index contributed by atoms with van der Waals surface area (Å²) < 4.78 is 0. The van der Waals surface area contributed by atoms with Gasteiger partial charge in [0.15, 0.2) is 5.78 Å². The standard InChI is InChI=1S/C22H27ClN2O/c1-14(2)20-12-11-19(13-24)25-21(20)22(26)17-5-3-15(4-6-17)16-7-9-18(23)10-8-16/h7-12,14-15,17H,3-6,13,24H2,1-2H3. The smallest absolute Gasteiger partial charge is 0.184 e. The zero-order valence-electron chi connectivity index (χ0n) is 15.5. The van der Waals surface area contributed by atoms with E-state index in [1.807, 2.05) is 24.3 Å². The SMILES string of the molecule is CC(C)c1ccc(CN)nc1C(=O)C1CCC(c2ccc(Cl)cc2)CC1. The minimum Gasteiger partial charge on any atom is -0.325 e. The Kier molecular flexibility index (Phi) is 6.10. The van der Waals surface area contributed by atoms with Gasteiger partial charge in [-0.25, -0.2) is 4.98 Å². The largest absolute Gasteiger partial charge is 0.325 e. The first kappa shape index (κ1) is 19.1. The number of ketones is 1. The van der Waals surface area contributed by atoms with E-state index in [4.69, 9.17) is 17.3 Å². The summed E-state index contributed by atoms with van der Waals surface area (Å²) in [6, 6.07) is 12.1. The molecule has 0 spiro atoms. The molecule has 1 fully saturated rings. The molecule has 0 amide bonds. The first-order valence-electron chi connectivity index (χ1n) is 9.49. The van der Waals surface area contributed by atoms with E-state index in [1.54, 1.807) is 0 Å². The van der Waals surface area contributed by atoms with Crippen molar-refractivity contribution in [2.45, 2.75) is 57.9 Å². The van der Waals surface area contributed by atoms with Gasteiger partial charge in [-0.2, -0.15) is 0 Å². The molecule has 4 heteroatoms. The van der Waals surface area contributed by atoms with Crippen LogP contribution in [0.25, 0.3) is 0 Å². The van der Waals surface area contributed by atoms with Crippen molar-refractivity contribution in [1.82, 2.24) is 4.98 Å². The quantitative estimate of drug-likeness (QED) is 0.709. The van der Waals surface area contributed by atoms with Crippen LogP contribution < -0.4 is 5.73 Å². The third-order valence-corrected chi connectivity index (χ3v) is 5.74. The summed E-state index contributed by atoms with van der Waals surface area (Å²) in [6.45, 7) is 4.57. The van der Waals surface area contributed by atoms with E-state index in [0.29, 0.717) is 18.2 Å². The molecule has 1 aliphatic rings. The number of hydrogen-bond donors (Lipinski definition) is 1. The number of hydrogen-bond acceptors (Lipinski definition) is 3. The van der Waals surface area contributed by atoms with Gasteiger partial charge in [0.1, 0.15) is 5.69 Å². The molecule has 2 aromatic rings. The first-order chi connectivity index (χ1) is 12.5. The fraction of sp³-hybridized carbons (Fsp3) is 0.455. The highest BCUT2D eigenvalue weighted by Gasteiger charge is 2.30. The van der Waals surface area contributed by atoms with Gasteiger partial charge in [-0.1, -0.05) is 43.6 Å². The lowest BCUT2D eigenvalue weighted by Gasteiger charge is -2.28. The van der Waals surface area contributed by atoms with Gasteiger partial charge in [-0.15, -0.1) is 0 Å². The molecule has 3 nitrogen and oxygen atoms in total. The summed E-state index contributed by atoms with van der Waals surface area (Å²) in [5.41, 5.74) is 9.51. The summed E-state index contributed by atoms with van der Waals surface area (Å²) in [5.74, 6) is 1.05. The number of carbonyl (C=O) groups is 1. The van der Waals surface area contributed by atoms with Gasteiger partial charge in [-0.05, 0) is 66.8 Å². The molecule has 0 radical (unpaired) electrons. The summed E-state index contributed by atoms with van der Waals surface area (Å²) >= 11 is 5.99. The van der Waals surface area contributed by atoms with E-state index in [0.717, 1.165) is 42.0 Å². The third-order valence-electron chi connectivity index (χ3n) is 5.49. The van der Waals surface area contributed by atoms with Crippen LogP contribution in [-0.2, 0) is 6.54 Å². The maximum absolute atomic E-state index is 13.2. The van der Waals surface area contributed by atoms with Crippen LogP contribution in [0, 0.1) is 5.92 Å². The van der Waals surface area contributed by atoms with Crippen LogP contribution in [0.3, 0.4) is 0 Å². The van der Waals surface area contributed by atoms with E-state index in [1.165, 1.54) is 5.56 Å². The number of nitrogens with two attached hydrogens (primary N) is 1. The van der Waals surface area contributed by atoms with Crippen LogP contribution in [0.5, 0.6) is 0 Å². The Balaban J connectivity index is 1.73. The highest BCUT2D eigenvalue weighted by molar-refractivity contribution is 6.30. The van der Waals surface area contributed by atoms with Gasteiger partial charge in [0.05, 0.1) is 5.69 Å². The number of nitrogens with zero attached hydrogens (tertiary/aromatic N) is 1. The lowest BCUT2D eigenvalue weighted by atomic mass is 9.76. The average molecular weight is 371 g/mol. The van der Waals surface area contributed by atoms with Crippen molar-refractivity contribution in [1.29, 1.82) is 0 Å². The molecule has 1 aromatic heterocycles. The monoisotopic (exact) mass is 370 g/mol. The normalized spacial score (nSPS) is 20.3. The Bertz CT molecular complexity index is 762. The number of benzene rings is 1. The predicted octanol–water partition coefficient (Wildman–Crippen LogP) is 5.47. The number of Topliss-reactive ketones (excluding diaryl/α,β-unsaturated/α-hetero) is 1. The maximum atomic E-state index is 13.2. The Morgan fingerprint density at radius 2 is 1.77 bits per heavy atom. The molecule has 1 heterocycles. The van der Waals surface area contributed by atoms with E-state index in [-0.39, 0.29) is 17.6 Å². The van der Waals surface area contributed by atoms with Gasteiger partial charge < -0.3 is 5.73 Å². The molecule has 0 unspecified atom stereocenters. The zero-order valence-corrected chi connectivity index (χ0v) is 16.3. The van der Waals surface area contributed by atoms with Gasteiger partial charge in [0, 0.05) is 17.5 Å². The molecule has 0 saturated heterocycles. The van der Waals surface area contributed by atoms with Gasteiger partial charge in [0.25, 0.3) is 0 Å². The first-order valence-corrected chi connectivity index (χ1v) is 9.87. The fourth-order valence-corrected chi connectivity index (χ4v) is 4.03. The molecule has 1 aromatic carbocycles. The molecule has 0 bridgehead atoms. The van der Waals surface area contributed by atoms with Crippen LogP contribution in [-0.4, -0.2) is 10.8 Å². The number of aromatic nitrogens is 1. The highest BCUT2D eigenvalue weighted by atomic mass is 35.5. The second kappa shape index (κ2) is 8.32. The average Bonchev–Trinajstić information content (AvgIpc) is 2.67. The summed E-state index contributed by atoms with van der Waals surface area (Å²) in [6.07, 6.45) is 3.90. The van der Waals surface area contributed by atoms with Crippen LogP contribution in [0.4, 0.5) is 0 Å². The van der Waals surface area contributed by atoms with E-state index >= 15 is 0 Å². The van der Waals surface area contributed by atoms with Crippen LogP contribution in [0.1, 0.15) is 78.7 Å². The fourth-order valence-electron chi connectivity index (χ4n) is 3.90. The predicted molar refractivity (Wildman–Crippen MR) is 107 cm³/mol. The van der Waals surface area contributed by atoms with Gasteiger partial charge in [0.2, 0.25) is 0 Å². The summed E-state index contributed by atoms with van der Waals surface area (Å²) in [4.78, 5) is 17.7. The number of carbonyl (C=O) groups excluding carboxylic acids is 1. The Labute approximate surface area is 161 Å². The summed E-state index contributed by atoms with van der Waals surface area (Å²) in [5, 5.41) is 0.768. The van der Waals surface area contributed by atoms with Crippen molar-refractivity contribution in [2.24, 2.45) is 11.7 Å². The van der Waals surface area contributed by atoms with E-state index in [2.05, 4.69) is 31.0 Å². The molecule has 2 N–H and O–H groups in total. The number of rotatable bonds is 5. The van der Waals surface area contributed by atoms with Crippen LogP contribution >= 0.6 is 11.6 Å². The molecule has 0 atom stereocenters. The lowest BCUT2D eigenvalue weighted by molar-refractivity contribution is 0.0877. The topological polar surface area (TPSA) is 56.0 Å². The van der Waals surface area contributed by atoms with Gasteiger partial charge >= 0.3 is 0 Å². The second-order valence-electron chi connectivity index (χ2n) is 7.56. The molecule has 1 aliphatic carbocycles. The van der Waals surface area contributed by atoms with Crippen molar-refractivity contribution in [3.8, 4) is 0 Å². The molecular formula is C22H27ClN2O. The van der Waals surface area contributed by atoms with Crippen molar-refractivity contribution >= 4 is 17.4 Å². The van der Waals surface area contributed by atoms with E-state index in [9.17, 15) is 4.79 Å². The molecule has 3 rings (SSSR count). The van der Waals surface area contributed by atoms with Crippen LogP contribution in [0.15, 0.2) is 36.4 Å². The molecule has 1 saturated carbocycles. The molecule has 0 aliphatic heterocycles. The number of pyridine rings is 1.